The molecule has 5 atom stereocenters. The third kappa shape index (κ3) is 73.5. The first kappa shape index (κ1) is 97.2. The minimum absolute atomic E-state index is 0.0663. The highest BCUT2D eigenvalue weighted by molar-refractivity contribution is 7.47. The molecule has 0 radical (unpaired) electrons. The molecular formula is C83H140O17P2. The zero-order valence-electron chi connectivity index (χ0n) is 63.7. The molecule has 0 rings (SSSR count). The van der Waals surface area contributed by atoms with E-state index in [1.807, 2.05) is 0 Å². The van der Waals surface area contributed by atoms with E-state index in [0.717, 1.165) is 173 Å². The van der Waals surface area contributed by atoms with Gasteiger partial charge in [-0.15, -0.1) is 0 Å². The SMILES string of the molecule is CC/C=C\C/C=C\C/C=C\C/C=C\CCCCCCC(=O)OCC(COP(=O)(O)OCC(O)COP(=O)(O)OCC(COC(=O)CCCC/C=C\C/C=C\C/C=C\C/C=C\CC)OC(=O)CCCCCCC/C=C\C/C=C\CCCCC)OC(=O)CCCCCCC/C=C\CCCCCCCC. The number of hydrogen-bond donors (Lipinski definition) is 3. The zero-order valence-corrected chi connectivity index (χ0v) is 65.5. The van der Waals surface area contributed by atoms with Crippen molar-refractivity contribution in [2.45, 2.75) is 329 Å². The number of aliphatic hydroxyl groups excluding tert-OH is 1. The fraction of sp³-hybridized carbons (Fsp3) is 0.687. The second-order valence-corrected chi connectivity index (χ2v) is 28.8. The molecule has 0 bridgehead atoms. The van der Waals surface area contributed by atoms with Crippen LogP contribution in [0.5, 0.6) is 0 Å². The number of ether oxygens (including phenoxy) is 4. The van der Waals surface area contributed by atoms with Gasteiger partial charge in [0.05, 0.1) is 26.4 Å². The van der Waals surface area contributed by atoms with Crippen LogP contribution < -0.4 is 0 Å². The highest BCUT2D eigenvalue weighted by atomic mass is 31.2. The van der Waals surface area contributed by atoms with Crippen molar-refractivity contribution in [3.8, 4) is 0 Å². The second-order valence-electron chi connectivity index (χ2n) is 25.9. The van der Waals surface area contributed by atoms with Crippen molar-refractivity contribution in [2.24, 2.45) is 0 Å². The molecule has 0 aromatic heterocycles. The Kier molecular flexibility index (Phi) is 71.0. The Bertz CT molecular complexity index is 2460. The standard InChI is InChI=1S/C83H140O17P2/c1-5-9-13-17-21-25-29-33-37-38-42-44-48-52-56-60-64-68-81(86)94-74-79(100-83(88)70-66-62-58-54-50-46-41-36-32-28-24-20-16-12-8-4)76-98-102(91,92)96-72-77(84)71-95-101(89,90)97-75-78(99-82(87)69-65-61-57-53-49-45-40-35-31-27-23-19-15-11-7-3)73-93-80(85)67-63-59-55-51-47-43-39-34-30-26-22-18-14-10-6-2/h9-10,13-14,21-23,25-27,33-37,39-42,44,47,51,77-79,84H,5-8,11-12,15-20,24,28-32,38,43,45-46,48-50,52-76H2,1-4H3,(H,89,90)(H,91,92)/b13-9-,14-10-,25-21-,26-22-,27-23-,37-33-,39-34-,40-35-,41-36-,44-42-,51-47-. The van der Waals surface area contributed by atoms with Gasteiger partial charge in [-0.2, -0.15) is 0 Å². The normalized spacial score (nSPS) is 14.6. The third-order valence-electron chi connectivity index (χ3n) is 16.1. The van der Waals surface area contributed by atoms with E-state index >= 15 is 0 Å². The molecule has 0 aliphatic heterocycles. The molecule has 0 aromatic carbocycles. The van der Waals surface area contributed by atoms with Crippen molar-refractivity contribution < 1.29 is 80.2 Å². The van der Waals surface area contributed by atoms with E-state index in [-0.39, 0.29) is 25.7 Å². The summed E-state index contributed by atoms with van der Waals surface area (Å²) >= 11 is 0. The van der Waals surface area contributed by atoms with Gasteiger partial charge in [0, 0.05) is 25.7 Å². The molecule has 0 amide bonds. The first-order chi connectivity index (χ1) is 49.7. The maximum Gasteiger partial charge on any atom is 0.472 e. The number of allylic oxidation sites excluding steroid dienone is 22. The smallest absolute Gasteiger partial charge is 0.462 e. The van der Waals surface area contributed by atoms with Crippen LogP contribution in [0.25, 0.3) is 0 Å². The van der Waals surface area contributed by atoms with Gasteiger partial charge in [-0.3, -0.25) is 37.3 Å². The van der Waals surface area contributed by atoms with E-state index in [1.54, 1.807) is 0 Å². The van der Waals surface area contributed by atoms with Gasteiger partial charge in [-0.25, -0.2) is 9.13 Å². The lowest BCUT2D eigenvalue weighted by molar-refractivity contribution is -0.161. The molecule has 17 nitrogen and oxygen atoms in total. The summed E-state index contributed by atoms with van der Waals surface area (Å²) < 4.78 is 68.5. The number of phosphoric acid groups is 2. The summed E-state index contributed by atoms with van der Waals surface area (Å²) in [5.41, 5.74) is 0. The van der Waals surface area contributed by atoms with E-state index in [2.05, 4.69) is 161 Å². The molecule has 3 N–H and O–H groups in total. The maximum absolute atomic E-state index is 13.1. The number of unbranched alkanes of at least 4 members (excludes halogenated alkanes) is 25. The fourth-order valence-corrected chi connectivity index (χ4v) is 11.7. The minimum atomic E-state index is -4.99. The number of rotatable bonds is 73. The van der Waals surface area contributed by atoms with Crippen LogP contribution in [0, 0.1) is 0 Å². The van der Waals surface area contributed by atoms with Crippen LogP contribution in [0.1, 0.15) is 310 Å². The predicted molar refractivity (Wildman–Crippen MR) is 418 cm³/mol. The van der Waals surface area contributed by atoms with Crippen LogP contribution in [0.2, 0.25) is 0 Å². The van der Waals surface area contributed by atoms with Gasteiger partial charge in [0.15, 0.2) is 12.2 Å². The quantitative estimate of drug-likeness (QED) is 0.0169. The topological polar surface area (TPSA) is 237 Å². The van der Waals surface area contributed by atoms with Crippen molar-refractivity contribution >= 4 is 39.5 Å². The predicted octanol–water partition coefficient (Wildman–Crippen LogP) is 22.9. The van der Waals surface area contributed by atoms with Crippen molar-refractivity contribution in [2.75, 3.05) is 39.6 Å². The van der Waals surface area contributed by atoms with Crippen molar-refractivity contribution in [1.29, 1.82) is 0 Å². The van der Waals surface area contributed by atoms with Crippen LogP contribution in [-0.4, -0.2) is 96.7 Å². The largest absolute Gasteiger partial charge is 0.472 e. The highest BCUT2D eigenvalue weighted by Crippen LogP contribution is 2.45. The molecular weight excluding hydrogens is 1330 g/mol. The van der Waals surface area contributed by atoms with Crippen molar-refractivity contribution in [3.05, 3.63) is 134 Å². The zero-order chi connectivity index (χ0) is 74.6. The van der Waals surface area contributed by atoms with Gasteiger partial charge < -0.3 is 33.8 Å². The molecule has 0 heterocycles. The van der Waals surface area contributed by atoms with E-state index in [4.69, 9.17) is 37.0 Å². The molecule has 0 fully saturated rings. The Labute approximate surface area is 618 Å². The summed E-state index contributed by atoms with van der Waals surface area (Å²) in [4.78, 5) is 73.0. The fourth-order valence-electron chi connectivity index (χ4n) is 10.1. The molecule has 584 valence electrons. The van der Waals surface area contributed by atoms with Crippen LogP contribution in [0.4, 0.5) is 0 Å². The van der Waals surface area contributed by atoms with Gasteiger partial charge >= 0.3 is 39.5 Å². The van der Waals surface area contributed by atoms with Gasteiger partial charge in [0.1, 0.15) is 19.3 Å². The number of hydrogen-bond acceptors (Lipinski definition) is 15. The number of aliphatic hydroxyl groups is 1. The van der Waals surface area contributed by atoms with E-state index in [9.17, 15) is 43.2 Å². The monoisotopic (exact) mass is 1470 g/mol. The van der Waals surface area contributed by atoms with Gasteiger partial charge in [-0.05, 0) is 161 Å². The summed E-state index contributed by atoms with van der Waals surface area (Å²) in [6, 6.07) is 0. The van der Waals surface area contributed by atoms with E-state index in [0.29, 0.717) is 25.7 Å². The van der Waals surface area contributed by atoms with E-state index in [1.165, 1.54) is 57.8 Å². The number of esters is 4. The summed E-state index contributed by atoms with van der Waals surface area (Å²) in [6.07, 6.45) is 82.9. The molecule has 0 saturated carbocycles. The average Bonchev–Trinajstić information content (AvgIpc) is 0.923. The Hall–Kier alpha value is -4.80. The molecule has 19 heteroatoms. The Balaban J connectivity index is 5.44. The lowest BCUT2D eigenvalue weighted by Gasteiger charge is -2.21. The minimum Gasteiger partial charge on any atom is -0.462 e. The lowest BCUT2D eigenvalue weighted by atomic mass is 10.1. The molecule has 0 aliphatic rings. The number of carbonyl (C=O) groups excluding carboxylic acids is 4. The number of phosphoric ester groups is 2. The van der Waals surface area contributed by atoms with Gasteiger partial charge in [0.2, 0.25) is 0 Å². The highest BCUT2D eigenvalue weighted by Gasteiger charge is 2.30. The van der Waals surface area contributed by atoms with E-state index < -0.39 is 97.5 Å². The Morgan fingerprint density at radius 3 is 0.833 bits per heavy atom. The van der Waals surface area contributed by atoms with Crippen LogP contribution in [0.3, 0.4) is 0 Å². The van der Waals surface area contributed by atoms with Crippen molar-refractivity contribution in [3.63, 3.8) is 0 Å². The lowest BCUT2D eigenvalue weighted by Crippen LogP contribution is -2.30. The van der Waals surface area contributed by atoms with Crippen LogP contribution >= 0.6 is 15.6 Å². The molecule has 0 aromatic rings. The first-order valence-corrected chi connectivity index (χ1v) is 42.4. The summed E-state index contributed by atoms with van der Waals surface area (Å²) in [7, 11) is -9.98. The molecule has 0 spiro atoms. The molecule has 5 unspecified atom stereocenters. The van der Waals surface area contributed by atoms with Crippen LogP contribution in [-0.2, 0) is 65.4 Å². The molecule has 0 aliphatic carbocycles. The summed E-state index contributed by atoms with van der Waals surface area (Å²) in [5.74, 6) is -2.27. The van der Waals surface area contributed by atoms with Gasteiger partial charge in [-0.1, -0.05) is 258 Å². The van der Waals surface area contributed by atoms with Crippen molar-refractivity contribution in [1.82, 2.24) is 0 Å². The third-order valence-corrected chi connectivity index (χ3v) is 18.0. The Morgan fingerprint density at radius 2 is 0.510 bits per heavy atom. The Morgan fingerprint density at radius 1 is 0.284 bits per heavy atom. The first-order valence-electron chi connectivity index (χ1n) is 39.4. The average molecular weight is 1470 g/mol. The molecule has 102 heavy (non-hydrogen) atoms. The maximum atomic E-state index is 13.1. The number of carbonyl (C=O) groups is 4. The summed E-state index contributed by atoms with van der Waals surface area (Å²) in [5, 5.41) is 10.6. The molecule has 0 saturated heterocycles. The van der Waals surface area contributed by atoms with Gasteiger partial charge in [0.25, 0.3) is 0 Å². The summed E-state index contributed by atoms with van der Waals surface area (Å²) in [6.45, 7) is 4.52. The second kappa shape index (κ2) is 74.5. The van der Waals surface area contributed by atoms with Crippen LogP contribution in [0.15, 0.2) is 134 Å².